The van der Waals surface area contributed by atoms with Gasteiger partial charge in [0.1, 0.15) is 5.58 Å². The zero-order chi connectivity index (χ0) is 19.9. The van der Waals surface area contributed by atoms with Crippen LogP contribution in [0.2, 0.25) is 0 Å². The SMILES string of the molecule is CCCCN(CCCC)c1ccc2cc(-c3cccc(OC)n3)c(=O)oc2c1. The molecule has 0 atom stereocenters. The van der Waals surface area contributed by atoms with E-state index in [0.717, 1.165) is 49.8 Å². The Balaban J connectivity index is 1.97. The lowest BCUT2D eigenvalue weighted by Crippen LogP contribution is -2.25. The highest BCUT2D eigenvalue weighted by Crippen LogP contribution is 2.26. The summed E-state index contributed by atoms with van der Waals surface area (Å²) in [5.41, 5.74) is 2.30. The van der Waals surface area contributed by atoms with E-state index in [1.165, 1.54) is 0 Å². The predicted molar refractivity (Wildman–Crippen MR) is 114 cm³/mol. The van der Waals surface area contributed by atoms with Crippen LogP contribution in [-0.4, -0.2) is 25.2 Å². The van der Waals surface area contributed by atoms with E-state index >= 15 is 0 Å². The average molecular weight is 380 g/mol. The van der Waals surface area contributed by atoms with Crippen molar-refractivity contribution in [3.63, 3.8) is 0 Å². The molecule has 0 aliphatic carbocycles. The second-order valence-electron chi connectivity index (χ2n) is 6.93. The number of benzene rings is 1. The molecule has 2 heterocycles. The molecule has 148 valence electrons. The quantitative estimate of drug-likeness (QED) is 0.473. The number of methoxy groups -OCH3 is 1. The molecule has 3 aromatic rings. The molecule has 0 bridgehead atoms. The van der Waals surface area contributed by atoms with Gasteiger partial charge in [0.25, 0.3) is 0 Å². The van der Waals surface area contributed by atoms with Gasteiger partial charge in [-0.25, -0.2) is 9.78 Å². The van der Waals surface area contributed by atoms with Gasteiger partial charge in [-0.05, 0) is 37.1 Å². The lowest BCUT2D eigenvalue weighted by molar-refractivity contribution is 0.398. The minimum atomic E-state index is -0.390. The van der Waals surface area contributed by atoms with Gasteiger partial charge in [0, 0.05) is 36.3 Å². The Morgan fingerprint density at radius 3 is 2.46 bits per heavy atom. The van der Waals surface area contributed by atoms with Gasteiger partial charge in [-0.3, -0.25) is 0 Å². The molecule has 0 unspecified atom stereocenters. The second kappa shape index (κ2) is 9.40. The molecular weight excluding hydrogens is 352 g/mol. The highest BCUT2D eigenvalue weighted by atomic mass is 16.5. The molecule has 5 heteroatoms. The molecule has 0 radical (unpaired) electrons. The summed E-state index contributed by atoms with van der Waals surface area (Å²) in [6, 6.07) is 13.3. The topological polar surface area (TPSA) is 55.6 Å². The van der Waals surface area contributed by atoms with E-state index in [0.29, 0.717) is 22.7 Å². The molecule has 3 rings (SSSR count). The van der Waals surface area contributed by atoms with Crippen LogP contribution in [0.4, 0.5) is 5.69 Å². The number of hydrogen-bond acceptors (Lipinski definition) is 5. The third kappa shape index (κ3) is 4.53. The molecule has 0 spiro atoms. The van der Waals surface area contributed by atoms with Crippen molar-refractivity contribution in [2.24, 2.45) is 0 Å². The number of pyridine rings is 1. The molecule has 2 aromatic heterocycles. The molecule has 0 aliphatic rings. The van der Waals surface area contributed by atoms with Gasteiger partial charge in [0.05, 0.1) is 18.4 Å². The molecule has 0 amide bonds. The molecule has 5 nitrogen and oxygen atoms in total. The average Bonchev–Trinajstić information content (AvgIpc) is 2.73. The zero-order valence-corrected chi connectivity index (χ0v) is 16.9. The summed E-state index contributed by atoms with van der Waals surface area (Å²) in [6.07, 6.45) is 4.60. The largest absolute Gasteiger partial charge is 0.481 e. The van der Waals surface area contributed by atoms with Crippen LogP contribution in [0.15, 0.2) is 51.7 Å². The third-order valence-electron chi connectivity index (χ3n) is 4.86. The summed E-state index contributed by atoms with van der Waals surface area (Å²) in [5.74, 6) is 0.467. The first kappa shape index (κ1) is 19.9. The number of nitrogens with zero attached hydrogens (tertiary/aromatic N) is 2. The maximum Gasteiger partial charge on any atom is 0.345 e. The number of anilines is 1. The van der Waals surface area contributed by atoms with Gasteiger partial charge in [-0.15, -0.1) is 0 Å². The Labute approximate surface area is 166 Å². The van der Waals surface area contributed by atoms with Gasteiger partial charge < -0.3 is 14.1 Å². The molecule has 0 saturated heterocycles. The monoisotopic (exact) mass is 380 g/mol. The molecule has 0 N–H and O–H groups in total. The van der Waals surface area contributed by atoms with E-state index in [-0.39, 0.29) is 5.63 Å². The molecule has 1 aromatic carbocycles. The predicted octanol–water partition coefficient (Wildman–Crippen LogP) is 5.27. The molecule has 0 aliphatic heterocycles. The van der Waals surface area contributed by atoms with Crippen molar-refractivity contribution < 1.29 is 9.15 Å². The van der Waals surface area contributed by atoms with E-state index in [2.05, 4.69) is 29.8 Å². The molecule has 0 saturated carbocycles. The van der Waals surface area contributed by atoms with Gasteiger partial charge in [0.2, 0.25) is 5.88 Å². The van der Waals surface area contributed by atoms with Gasteiger partial charge in [-0.2, -0.15) is 0 Å². The van der Waals surface area contributed by atoms with Crippen LogP contribution in [0.1, 0.15) is 39.5 Å². The van der Waals surface area contributed by atoms with Crippen LogP contribution in [0.5, 0.6) is 5.88 Å². The number of ether oxygens (including phenoxy) is 1. The van der Waals surface area contributed by atoms with E-state index in [1.54, 1.807) is 19.2 Å². The van der Waals surface area contributed by atoms with E-state index < -0.39 is 0 Å². The minimum Gasteiger partial charge on any atom is -0.481 e. The Morgan fingerprint density at radius 2 is 1.79 bits per heavy atom. The van der Waals surface area contributed by atoms with Crippen molar-refractivity contribution in [3.05, 3.63) is 52.9 Å². The summed E-state index contributed by atoms with van der Waals surface area (Å²) >= 11 is 0. The Hall–Kier alpha value is -2.82. The summed E-state index contributed by atoms with van der Waals surface area (Å²) in [6.45, 7) is 6.42. The van der Waals surface area contributed by atoms with E-state index in [4.69, 9.17) is 9.15 Å². The minimum absolute atomic E-state index is 0.390. The lowest BCUT2D eigenvalue weighted by atomic mass is 10.1. The lowest BCUT2D eigenvalue weighted by Gasteiger charge is -2.24. The second-order valence-corrected chi connectivity index (χ2v) is 6.93. The first-order valence-corrected chi connectivity index (χ1v) is 10.0. The third-order valence-corrected chi connectivity index (χ3v) is 4.86. The Kier molecular flexibility index (Phi) is 6.69. The fourth-order valence-corrected chi connectivity index (χ4v) is 3.22. The van der Waals surface area contributed by atoms with Crippen molar-refractivity contribution in [3.8, 4) is 17.1 Å². The number of rotatable bonds is 9. The number of fused-ring (bicyclic) bond motifs is 1. The van der Waals surface area contributed by atoms with E-state index in [1.807, 2.05) is 24.3 Å². The smallest absolute Gasteiger partial charge is 0.345 e. The molecule has 0 fully saturated rings. The number of hydrogen-bond donors (Lipinski definition) is 0. The van der Waals surface area contributed by atoms with Crippen LogP contribution in [0.3, 0.4) is 0 Å². The molecule has 28 heavy (non-hydrogen) atoms. The molecular formula is C23H28N2O3. The standard InChI is InChI=1S/C23H28N2O3/c1-4-6-13-25(14-7-5-2)18-12-11-17-15-19(23(26)28-21(17)16-18)20-9-8-10-22(24-20)27-3/h8-12,15-16H,4-7,13-14H2,1-3H3. The fraction of sp³-hybridized carbons (Fsp3) is 0.391. The summed E-state index contributed by atoms with van der Waals surface area (Å²) in [4.78, 5) is 19.3. The van der Waals surface area contributed by atoms with Crippen LogP contribution in [0, 0.1) is 0 Å². The van der Waals surface area contributed by atoms with Crippen molar-refractivity contribution in [2.45, 2.75) is 39.5 Å². The van der Waals surface area contributed by atoms with Crippen molar-refractivity contribution in [2.75, 3.05) is 25.1 Å². The summed E-state index contributed by atoms with van der Waals surface area (Å²) < 4.78 is 10.8. The summed E-state index contributed by atoms with van der Waals surface area (Å²) in [7, 11) is 1.55. The highest BCUT2D eigenvalue weighted by Gasteiger charge is 2.12. The first-order chi connectivity index (χ1) is 13.7. The number of aromatic nitrogens is 1. The van der Waals surface area contributed by atoms with Crippen molar-refractivity contribution in [1.82, 2.24) is 4.98 Å². The highest BCUT2D eigenvalue weighted by molar-refractivity contribution is 5.84. The fourth-order valence-electron chi connectivity index (χ4n) is 3.22. The van der Waals surface area contributed by atoms with Gasteiger partial charge in [0.15, 0.2) is 0 Å². The number of unbranched alkanes of at least 4 members (excludes halogenated alkanes) is 2. The van der Waals surface area contributed by atoms with Crippen molar-refractivity contribution >= 4 is 16.7 Å². The maximum absolute atomic E-state index is 12.6. The van der Waals surface area contributed by atoms with Crippen LogP contribution in [-0.2, 0) is 0 Å². The Morgan fingerprint density at radius 1 is 1.04 bits per heavy atom. The Bertz CT molecular complexity index is 973. The van der Waals surface area contributed by atoms with Gasteiger partial charge >= 0.3 is 5.63 Å². The summed E-state index contributed by atoms with van der Waals surface area (Å²) in [5, 5.41) is 0.883. The maximum atomic E-state index is 12.6. The van der Waals surface area contributed by atoms with Crippen LogP contribution in [0.25, 0.3) is 22.2 Å². The zero-order valence-electron chi connectivity index (χ0n) is 16.9. The van der Waals surface area contributed by atoms with Crippen molar-refractivity contribution in [1.29, 1.82) is 0 Å². The van der Waals surface area contributed by atoms with E-state index in [9.17, 15) is 4.79 Å². The normalized spacial score (nSPS) is 11.0. The first-order valence-electron chi connectivity index (χ1n) is 10.0. The van der Waals surface area contributed by atoms with Crippen LogP contribution >= 0.6 is 0 Å². The van der Waals surface area contributed by atoms with Crippen LogP contribution < -0.4 is 15.3 Å². The van der Waals surface area contributed by atoms with Gasteiger partial charge in [-0.1, -0.05) is 32.8 Å².